The summed E-state index contributed by atoms with van der Waals surface area (Å²) in [7, 11) is 0. The lowest BCUT2D eigenvalue weighted by Crippen LogP contribution is -2.26. The van der Waals surface area contributed by atoms with Gasteiger partial charge in [-0.2, -0.15) is 9.78 Å². The normalized spacial score (nSPS) is 15.6. The van der Waals surface area contributed by atoms with E-state index < -0.39 is 10.9 Å². The first kappa shape index (κ1) is 23.9. The van der Waals surface area contributed by atoms with Gasteiger partial charge in [-0.1, -0.05) is 30.3 Å². The molecule has 0 radical (unpaired) electrons. The number of ether oxygens (including phenoxy) is 2. The minimum Gasteiger partial charge on any atom is -0.508 e. The smallest absolute Gasteiger partial charge is 0.339 e. The molecule has 1 saturated carbocycles. The van der Waals surface area contributed by atoms with E-state index in [9.17, 15) is 14.7 Å². The van der Waals surface area contributed by atoms with Gasteiger partial charge in [0.05, 0.1) is 11.4 Å². The minimum absolute atomic E-state index is 0.104. The van der Waals surface area contributed by atoms with Gasteiger partial charge in [0.25, 0.3) is 5.91 Å². The van der Waals surface area contributed by atoms with E-state index in [1.807, 2.05) is 30.3 Å². The van der Waals surface area contributed by atoms with Gasteiger partial charge in [0, 0.05) is 22.7 Å². The molecule has 2 amide bonds. The molecule has 1 aliphatic heterocycles. The fourth-order valence-electron chi connectivity index (χ4n) is 4.65. The van der Waals surface area contributed by atoms with Crippen molar-refractivity contribution in [1.82, 2.24) is 9.78 Å². The number of fused-ring (bicyclic) bond motifs is 1. The van der Waals surface area contributed by atoms with Gasteiger partial charge in [-0.15, -0.1) is 11.6 Å². The van der Waals surface area contributed by atoms with E-state index in [0.717, 1.165) is 12.8 Å². The Morgan fingerprint density at radius 2 is 1.79 bits per heavy atom. The molecule has 0 saturated heterocycles. The fraction of sp³-hybridized carbons (Fsp3) is 0.179. The van der Waals surface area contributed by atoms with Crippen LogP contribution in [0.2, 0.25) is 0 Å². The molecule has 4 N–H and O–H groups in total. The molecule has 10 heteroatoms. The number of aromatic hydroxyl groups is 1. The van der Waals surface area contributed by atoms with Gasteiger partial charge in [0.15, 0.2) is 11.5 Å². The number of nitrogens with two attached hydrogens (primary N) is 1. The van der Waals surface area contributed by atoms with Crippen LogP contribution in [-0.2, 0) is 4.87 Å². The predicted octanol–water partition coefficient (Wildman–Crippen LogP) is 4.90. The zero-order valence-corrected chi connectivity index (χ0v) is 20.8. The maximum absolute atomic E-state index is 13.0. The number of alkyl halides is 1. The van der Waals surface area contributed by atoms with E-state index in [2.05, 4.69) is 10.4 Å². The monoisotopic (exact) mass is 530 g/mol. The Hall–Kier alpha value is -4.50. The molecular formula is C28H23ClN4O5. The molecule has 3 aromatic carbocycles. The van der Waals surface area contributed by atoms with Crippen molar-refractivity contribution in [2.45, 2.75) is 23.6 Å². The van der Waals surface area contributed by atoms with Gasteiger partial charge in [0.1, 0.15) is 10.6 Å². The number of carbonyl (C=O) groups excluding carboxylic acids is 2. The second-order valence-electron chi connectivity index (χ2n) is 9.26. The third-order valence-corrected chi connectivity index (χ3v) is 7.34. The molecule has 9 nitrogen and oxygen atoms in total. The number of primary amides is 1. The summed E-state index contributed by atoms with van der Waals surface area (Å²) in [6.07, 6.45) is 1.84. The van der Waals surface area contributed by atoms with Gasteiger partial charge >= 0.3 is 6.03 Å². The Labute approximate surface area is 222 Å². The number of phenols is 1. The SMILES string of the molecule is NC(=O)n1nc(C(Cl)(c2ccccc2)c2cc(NC(=O)c3ccc4c(c3)OCO4)ccc2O)cc1C1CC1. The Morgan fingerprint density at radius 3 is 2.53 bits per heavy atom. The van der Waals surface area contributed by atoms with E-state index in [1.54, 1.807) is 36.4 Å². The van der Waals surface area contributed by atoms with E-state index in [4.69, 9.17) is 26.8 Å². The lowest BCUT2D eigenvalue weighted by atomic mass is 9.86. The van der Waals surface area contributed by atoms with Crippen LogP contribution in [0.25, 0.3) is 0 Å². The number of hydrogen-bond acceptors (Lipinski definition) is 6. The molecule has 4 aromatic rings. The van der Waals surface area contributed by atoms with Crippen molar-refractivity contribution in [2.75, 3.05) is 12.1 Å². The summed E-state index contributed by atoms with van der Waals surface area (Å²) < 4.78 is 11.9. The van der Waals surface area contributed by atoms with Crippen LogP contribution < -0.4 is 20.5 Å². The average molecular weight is 531 g/mol. The highest BCUT2D eigenvalue weighted by Crippen LogP contribution is 2.49. The molecule has 0 spiro atoms. The molecule has 2 heterocycles. The molecule has 1 fully saturated rings. The molecule has 0 bridgehead atoms. The summed E-state index contributed by atoms with van der Waals surface area (Å²) in [5, 5.41) is 18.3. The first-order valence-corrected chi connectivity index (χ1v) is 12.4. The maximum Gasteiger partial charge on any atom is 0.339 e. The van der Waals surface area contributed by atoms with Gasteiger partial charge in [-0.25, -0.2) is 4.79 Å². The molecule has 192 valence electrons. The van der Waals surface area contributed by atoms with E-state index >= 15 is 0 Å². The summed E-state index contributed by atoms with van der Waals surface area (Å²) >= 11 is 7.39. The highest BCUT2D eigenvalue weighted by molar-refractivity contribution is 6.28. The van der Waals surface area contributed by atoms with Crippen LogP contribution in [0.4, 0.5) is 10.5 Å². The standard InChI is InChI=1S/C28H23ClN4O5/c29-28(18-4-2-1-3-5-18,25-14-21(16-6-7-16)33(32-25)27(30)36)20-13-19(9-10-22(20)34)31-26(35)17-8-11-23-24(12-17)38-15-37-23/h1-5,8-14,16,34H,6-7,15H2,(H2,30,36)(H,31,35). The third kappa shape index (κ3) is 4.10. The number of hydrogen-bond donors (Lipinski definition) is 3. The van der Waals surface area contributed by atoms with Crippen molar-refractivity contribution >= 4 is 29.2 Å². The van der Waals surface area contributed by atoms with E-state index in [-0.39, 0.29) is 29.9 Å². The van der Waals surface area contributed by atoms with Crippen LogP contribution in [0.3, 0.4) is 0 Å². The summed E-state index contributed by atoms with van der Waals surface area (Å²) in [6, 6.07) is 19.7. The Balaban J connectivity index is 1.42. The molecule has 1 aliphatic carbocycles. The highest BCUT2D eigenvalue weighted by Gasteiger charge is 2.41. The van der Waals surface area contributed by atoms with Crippen molar-refractivity contribution in [3.05, 3.63) is 101 Å². The van der Waals surface area contributed by atoms with Crippen molar-refractivity contribution in [2.24, 2.45) is 5.73 Å². The van der Waals surface area contributed by atoms with Gasteiger partial charge in [0.2, 0.25) is 6.79 Å². The van der Waals surface area contributed by atoms with Gasteiger partial charge < -0.3 is 25.6 Å². The quantitative estimate of drug-likeness (QED) is 0.240. The lowest BCUT2D eigenvalue weighted by molar-refractivity contribution is 0.102. The van der Waals surface area contributed by atoms with Crippen LogP contribution >= 0.6 is 11.6 Å². The minimum atomic E-state index is -1.49. The van der Waals surface area contributed by atoms with E-state index in [1.165, 1.54) is 10.7 Å². The number of halogens is 1. The fourth-order valence-corrected chi connectivity index (χ4v) is 5.02. The zero-order valence-electron chi connectivity index (χ0n) is 20.1. The number of rotatable bonds is 6. The van der Waals surface area contributed by atoms with Gasteiger partial charge in [-0.3, -0.25) is 4.79 Å². The number of benzene rings is 3. The van der Waals surface area contributed by atoms with Crippen molar-refractivity contribution in [1.29, 1.82) is 0 Å². The Bertz CT molecular complexity index is 1570. The number of nitrogens with zero attached hydrogens (tertiary/aromatic N) is 2. The van der Waals surface area contributed by atoms with Crippen LogP contribution in [0.15, 0.2) is 72.8 Å². The predicted molar refractivity (Wildman–Crippen MR) is 140 cm³/mol. The van der Waals surface area contributed by atoms with Crippen LogP contribution in [0, 0.1) is 0 Å². The number of nitrogens with one attached hydrogen (secondary N) is 1. The first-order chi connectivity index (χ1) is 18.3. The average Bonchev–Trinajstić information content (AvgIpc) is 3.48. The summed E-state index contributed by atoms with van der Waals surface area (Å²) in [4.78, 5) is 23.7. The number of amides is 2. The molecule has 1 unspecified atom stereocenters. The highest BCUT2D eigenvalue weighted by atomic mass is 35.5. The molecule has 38 heavy (non-hydrogen) atoms. The topological polar surface area (TPSA) is 129 Å². The lowest BCUT2D eigenvalue weighted by Gasteiger charge is -2.28. The van der Waals surface area contributed by atoms with Gasteiger partial charge in [-0.05, 0) is 60.9 Å². The van der Waals surface area contributed by atoms with E-state index in [0.29, 0.717) is 39.7 Å². The second-order valence-corrected chi connectivity index (χ2v) is 9.82. The number of aromatic nitrogens is 2. The summed E-state index contributed by atoms with van der Waals surface area (Å²) in [5.74, 6) is 0.746. The number of phenolic OH excluding ortho intramolecular Hbond substituents is 1. The Morgan fingerprint density at radius 1 is 1.03 bits per heavy atom. The van der Waals surface area contributed by atoms with Crippen molar-refractivity contribution < 1.29 is 24.2 Å². The Kier molecular flexibility index (Phi) is 5.72. The molecule has 1 atom stereocenters. The summed E-state index contributed by atoms with van der Waals surface area (Å²) in [5.41, 5.74) is 8.31. The second kappa shape index (κ2) is 9.11. The maximum atomic E-state index is 13.0. The largest absolute Gasteiger partial charge is 0.508 e. The molecule has 1 aromatic heterocycles. The number of carbonyl (C=O) groups is 2. The van der Waals surface area contributed by atoms with Crippen molar-refractivity contribution in [3.63, 3.8) is 0 Å². The van der Waals surface area contributed by atoms with Crippen LogP contribution in [0.1, 0.15) is 51.6 Å². The first-order valence-electron chi connectivity index (χ1n) is 12.0. The molecule has 6 rings (SSSR count). The van der Waals surface area contributed by atoms with Crippen molar-refractivity contribution in [3.8, 4) is 17.2 Å². The molecular weight excluding hydrogens is 508 g/mol. The zero-order chi connectivity index (χ0) is 26.4. The number of anilines is 1. The summed E-state index contributed by atoms with van der Waals surface area (Å²) in [6.45, 7) is 0.104. The molecule has 2 aliphatic rings. The third-order valence-electron chi connectivity index (χ3n) is 6.73. The van der Waals surface area contributed by atoms with Crippen LogP contribution in [-0.4, -0.2) is 33.6 Å². The van der Waals surface area contributed by atoms with Crippen LogP contribution in [0.5, 0.6) is 17.2 Å².